The van der Waals surface area contributed by atoms with Gasteiger partial charge in [0.25, 0.3) is 5.97 Å². The van der Waals surface area contributed by atoms with E-state index in [0.29, 0.717) is 32.7 Å². The van der Waals surface area contributed by atoms with Crippen LogP contribution in [-0.2, 0) is 18.9 Å². The van der Waals surface area contributed by atoms with Gasteiger partial charge in [-0.1, -0.05) is 18.8 Å². The molecule has 0 aromatic carbocycles. The topological polar surface area (TPSA) is 57.2 Å². The largest absolute Gasteiger partial charge is 0.431 e. The van der Waals surface area contributed by atoms with Crippen LogP contribution in [-0.4, -0.2) is 59.6 Å². The monoisotopic (exact) mass is 381 g/mol. The molecule has 0 aromatic heterocycles. The highest BCUT2D eigenvalue weighted by molar-refractivity contribution is 8.00. The Balaban J connectivity index is 1.26. The third-order valence-electron chi connectivity index (χ3n) is 5.87. The number of hydrogen-bond acceptors (Lipinski definition) is 6. The molecule has 0 aromatic rings. The number of carbonyl (C=O) groups excluding carboxylic acids is 1. The summed E-state index contributed by atoms with van der Waals surface area (Å²) in [5, 5.41) is 0. The molecule has 5 saturated heterocycles. The van der Waals surface area contributed by atoms with Crippen molar-refractivity contribution in [3.05, 3.63) is 0 Å². The molecule has 26 heavy (non-hydrogen) atoms. The van der Waals surface area contributed by atoms with Gasteiger partial charge in [0, 0.05) is 24.0 Å². The Morgan fingerprint density at radius 1 is 1.23 bits per heavy atom. The van der Waals surface area contributed by atoms with Gasteiger partial charge in [0.1, 0.15) is 0 Å². The third-order valence-corrected chi connectivity index (χ3v) is 7.28. The summed E-state index contributed by atoms with van der Waals surface area (Å²) in [6.07, 6.45) is 2.62. The molecule has 5 aliphatic rings. The molecule has 1 amide bonds. The van der Waals surface area contributed by atoms with Crippen LogP contribution in [0.25, 0.3) is 0 Å². The minimum atomic E-state index is -0.874. The maximum atomic E-state index is 12.1. The molecule has 2 bridgehead atoms. The first-order valence-electron chi connectivity index (χ1n) is 9.43. The van der Waals surface area contributed by atoms with E-state index in [1.807, 2.05) is 4.90 Å². The van der Waals surface area contributed by atoms with Gasteiger partial charge in [-0.2, -0.15) is 0 Å². The predicted molar refractivity (Wildman–Crippen MR) is 97.4 cm³/mol. The van der Waals surface area contributed by atoms with Crippen LogP contribution in [0.4, 0.5) is 4.79 Å². The van der Waals surface area contributed by atoms with Gasteiger partial charge in [-0.15, -0.1) is 11.8 Å². The Hall–Kier alpha value is -0.940. The molecule has 0 saturated carbocycles. The first kappa shape index (κ1) is 18.4. The fourth-order valence-corrected chi connectivity index (χ4v) is 5.16. The molecule has 0 spiro atoms. The fraction of sp³-hybridized carbons (Fsp3) is 0.842. The first-order valence-corrected chi connectivity index (χ1v) is 10.4. The summed E-state index contributed by atoms with van der Waals surface area (Å²) in [4.78, 5) is 13.7. The predicted octanol–water partition coefficient (Wildman–Crippen LogP) is 2.96. The van der Waals surface area contributed by atoms with Crippen molar-refractivity contribution in [2.24, 2.45) is 5.41 Å². The lowest BCUT2D eigenvalue weighted by molar-refractivity contribution is -0.470. The summed E-state index contributed by atoms with van der Waals surface area (Å²) in [6.45, 7) is 8.37. The van der Waals surface area contributed by atoms with E-state index in [-0.39, 0.29) is 28.5 Å². The number of ether oxygens (including phenoxy) is 4. The summed E-state index contributed by atoms with van der Waals surface area (Å²) in [5.74, 6) is 6.31. The van der Waals surface area contributed by atoms with Gasteiger partial charge >= 0.3 is 6.09 Å². The average Bonchev–Trinajstić information content (AvgIpc) is 3.14. The molecular formula is C19H27NO5S. The Labute approximate surface area is 159 Å². The van der Waals surface area contributed by atoms with Crippen molar-refractivity contribution >= 4 is 17.9 Å². The van der Waals surface area contributed by atoms with Crippen molar-refractivity contribution in [2.45, 2.75) is 69.4 Å². The smallest absolute Gasteiger partial charge is 0.412 e. The standard InChI is InChI=1S/C19H27NO5S/c1-4-18-11-22-19(23-12-18,24-13-18)9-7-5-6-8-15-14-10-26-17(2,3)20(14)16(21)25-15/h14-15H,4-5,7,9-13H2,1-3H3/t14-,15+,18?,19?/m0/s1. The highest BCUT2D eigenvalue weighted by atomic mass is 32.2. The van der Waals surface area contributed by atoms with E-state index in [1.165, 1.54) is 0 Å². The maximum absolute atomic E-state index is 12.1. The van der Waals surface area contributed by atoms with Crippen molar-refractivity contribution < 1.29 is 23.7 Å². The minimum absolute atomic E-state index is 0.0346. The van der Waals surface area contributed by atoms with Gasteiger partial charge in [0.15, 0.2) is 6.10 Å². The van der Waals surface area contributed by atoms with Crippen LogP contribution in [0.1, 0.15) is 46.5 Å². The first-order chi connectivity index (χ1) is 12.4. The van der Waals surface area contributed by atoms with Crippen molar-refractivity contribution in [3.8, 4) is 11.8 Å². The SMILES string of the molecule is CCC12COC(CCCC#C[C@H]3OC(=O)N4[C@H]3CSC4(C)C)(OC1)OC2. The number of nitrogens with zero attached hydrogens (tertiary/aromatic N) is 1. The quantitative estimate of drug-likeness (QED) is 0.551. The van der Waals surface area contributed by atoms with E-state index < -0.39 is 5.97 Å². The molecule has 0 N–H and O–H groups in total. The van der Waals surface area contributed by atoms with Crippen molar-refractivity contribution in [3.63, 3.8) is 0 Å². The zero-order valence-electron chi connectivity index (χ0n) is 15.7. The van der Waals surface area contributed by atoms with Crippen molar-refractivity contribution in [2.75, 3.05) is 25.6 Å². The number of rotatable bonds is 4. The van der Waals surface area contributed by atoms with Crippen LogP contribution in [0.2, 0.25) is 0 Å². The summed E-state index contributed by atoms with van der Waals surface area (Å²) in [7, 11) is 0. The van der Waals surface area contributed by atoms with E-state index in [9.17, 15) is 4.79 Å². The van der Waals surface area contributed by atoms with Gasteiger partial charge in [-0.25, -0.2) is 4.79 Å². The molecule has 5 aliphatic heterocycles. The molecular weight excluding hydrogens is 354 g/mol. The average molecular weight is 381 g/mol. The molecule has 144 valence electrons. The lowest BCUT2D eigenvalue weighted by atomic mass is 9.86. The highest BCUT2D eigenvalue weighted by Crippen LogP contribution is 2.44. The lowest BCUT2D eigenvalue weighted by Gasteiger charge is -2.51. The maximum Gasteiger partial charge on any atom is 0.412 e. The Kier molecular flexibility index (Phi) is 4.67. The zero-order chi connectivity index (χ0) is 18.4. The van der Waals surface area contributed by atoms with E-state index in [0.717, 1.165) is 18.6 Å². The second kappa shape index (κ2) is 6.59. The Morgan fingerprint density at radius 3 is 2.58 bits per heavy atom. The van der Waals surface area contributed by atoms with Crippen molar-refractivity contribution in [1.82, 2.24) is 4.90 Å². The van der Waals surface area contributed by atoms with Gasteiger partial charge in [0.2, 0.25) is 0 Å². The van der Waals surface area contributed by atoms with Crippen LogP contribution in [0.5, 0.6) is 0 Å². The van der Waals surface area contributed by atoms with Crippen LogP contribution < -0.4 is 0 Å². The molecule has 7 heteroatoms. The van der Waals surface area contributed by atoms with E-state index >= 15 is 0 Å². The number of unbranched alkanes of at least 4 members (excludes halogenated alkanes) is 1. The van der Waals surface area contributed by atoms with Crippen LogP contribution in [0.3, 0.4) is 0 Å². The van der Waals surface area contributed by atoms with Crippen molar-refractivity contribution in [1.29, 1.82) is 0 Å². The molecule has 6 nitrogen and oxygen atoms in total. The minimum Gasteiger partial charge on any atom is -0.431 e. The van der Waals surface area contributed by atoms with Crippen LogP contribution in [0.15, 0.2) is 0 Å². The Bertz CT molecular complexity index is 615. The van der Waals surface area contributed by atoms with Gasteiger partial charge in [-0.3, -0.25) is 4.90 Å². The van der Waals surface area contributed by atoms with Crippen LogP contribution >= 0.6 is 11.8 Å². The number of cyclic esters (lactones) is 1. The lowest BCUT2D eigenvalue weighted by Crippen LogP contribution is -2.59. The summed E-state index contributed by atoms with van der Waals surface area (Å²) in [6, 6.07) is 0.0578. The number of thioether (sulfide) groups is 1. The van der Waals surface area contributed by atoms with E-state index in [4.69, 9.17) is 18.9 Å². The number of fused-ring (bicyclic) bond motifs is 4. The molecule has 0 unspecified atom stereocenters. The normalized spacial score (nSPS) is 40.1. The van der Waals surface area contributed by atoms with Gasteiger partial charge < -0.3 is 18.9 Å². The molecule has 5 heterocycles. The highest BCUT2D eigenvalue weighted by Gasteiger charge is 2.53. The fourth-order valence-electron chi connectivity index (χ4n) is 3.91. The molecule has 5 fully saturated rings. The Morgan fingerprint density at radius 2 is 1.92 bits per heavy atom. The number of amides is 1. The van der Waals surface area contributed by atoms with Gasteiger partial charge in [0.05, 0.1) is 30.7 Å². The summed E-state index contributed by atoms with van der Waals surface area (Å²) in [5.41, 5.74) is 0.0346. The molecule has 5 rings (SSSR count). The van der Waals surface area contributed by atoms with Crippen LogP contribution in [0, 0.1) is 17.3 Å². The number of carbonyl (C=O) groups is 1. The number of hydrogen-bond donors (Lipinski definition) is 0. The molecule has 2 atom stereocenters. The zero-order valence-corrected chi connectivity index (χ0v) is 16.5. The van der Waals surface area contributed by atoms with E-state index in [1.54, 1.807) is 11.8 Å². The molecule has 0 aliphatic carbocycles. The molecule has 0 radical (unpaired) electrons. The van der Waals surface area contributed by atoms with Gasteiger partial charge in [-0.05, 0) is 26.7 Å². The van der Waals surface area contributed by atoms with E-state index in [2.05, 4.69) is 32.6 Å². The second-order valence-corrected chi connectivity index (χ2v) is 9.70. The summed E-state index contributed by atoms with van der Waals surface area (Å²) >= 11 is 1.78. The second-order valence-electron chi connectivity index (χ2n) is 8.08. The third kappa shape index (κ3) is 3.11. The summed E-state index contributed by atoms with van der Waals surface area (Å²) < 4.78 is 23.0.